The van der Waals surface area contributed by atoms with Gasteiger partial charge in [-0.3, -0.25) is 14.4 Å². The zero-order chi connectivity index (χ0) is 27.2. The highest BCUT2D eigenvalue weighted by Gasteiger charge is 2.29. The number of ether oxygens (including phenoxy) is 2. The average Bonchev–Trinajstić information content (AvgIpc) is 2.85. The Labute approximate surface area is 218 Å². The van der Waals surface area contributed by atoms with E-state index in [1.807, 2.05) is 39.0 Å². The van der Waals surface area contributed by atoms with Gasteiger partial charge in [0, 0.05) is 50.5 Å². The Morgan fingerprint density at radius 2 is 1.84 bits per heavy atom. The molecule has 1 aromatic rings. The summed E-state index contributed by atoms with van der Waals surface area (Å²) in [6.07, 6.45) is 5.69. The fraction of sp³-hybridized carbons (Fsp3) is 0.556. The van der Waals surface area contributed by atoms with Crippen LogP contribution < -0.4 is 10.2 Å². The van der Waals surface area contributed by atoms with Crippen LogP contribution in [0.25, 0.3) is 0 Å². The maximum Gasteiger partial charge on any atom is 0.410 e. The highest BCUT2D eigenvalue weighted by Crippen LogP contribution is 2.26. The molecule has 2 aliphatic heterocycles. The van der Waals surface area contributed by atoms with Gasteiger partial charge in [0.05, 0.1) is 13.2 Å². The number of amides is 3. The predicted octanol–water partition coefficient (Wildman–Crippen LogP) is 1.67. The van der Waals surface area contributed by atoms with Crippen molar-refractivity contribution < 1.29 is 28.7 Å². The summed E-state index contributed by atoms with van der Waals surface area (Å²) in [7, 11) is 0. The highest BCUT2D eigenvalue weighted by atomic mass is 16.6. The van der Waals surface area contributed by atoms with Gasteiger partial charge in [-0.2, -0.15) is 0 Å². The fourth-order valence-electron chi connectivity index (χ4n) is 4.23. The molecule has 0 saturated carbocycles. The lowest BCUT2D eigenvalue weighted by molar-refractivity contribution is -0.145. The average molecular weight is 513 g/mol. The number of nitrogens with zero attached hydrogens (tertiary/aromatic N) is 3. The van der Waals surface area contributed by atoms with Crippen LogP contribution in [0, 0.1) is 18.3 Å². The molecule has 2 aliphatic rings. The quantitative estimate of drug-likeness (QED) is 0.437. The minimum Gasteiger partial charge on any atom is -0.465 e. The van der Waals surface area contributed by atoms with Gasteiger partial charge < -0.3 is 29.5 Å². The molecule has 0 aromatic heterocycles. The van der Waals surface area contributed by atoms with Crippen LogP contribution in [0.2, 0.25) is 0 Å². The summed E-state index contributed by atoms with van der Waals surface area (Å²) in [5.41, 5.74) is 1.86. The number of esters is 1. The molecule has 0 radical (unpaired) electrons. The molecule has 1 N–H and O–H groups in total. The minimum atomic E-state index is -0.875. The molecule has 10 heteroatoms. The van der Waals surface area contributed by atoms with Crippen LogP contribution in [0.5, 0.6) is 0 Å². The maximum absolute atomic E-state index is 13.2. The van der Waals surface area contributed by atoms with E-state index in [1.54, 1.807) is 11.8 Å². The Balaban J connectivity index is 1.57. The summed E-state index contributed by atoms with van der Waals surface area (Å²) in [6, 6.07) is 5.81. The van der Waals surface area contributed by atoms with E-state index >= 15 is 0 Å². The Bertz CT molecular complexity index is 1070. The number of hydrogen-bond acceptors (Lipinski definition) is 7. The van der Waals surface area contributed by atoms with Crippen molar-refractivity contribution in [2.24, 2.45) is 5.92 Å². The monoisotopic (exact) mass is 512 g/mol. The van der Waals surface area contributed by atoms with E-state index in [1.165, 1.54) is 4.90 Å². The molecule has 0 aliphatic carbocycles. The number of piperazine rings is 1. The third-order valence-corrected chi connectivity index (χ3v) is 6.17. The summed E-state index contributed by atoms with van der Waals surface area (Å²) in [4.78, 5) is 55.2. The molecule has 0 bridgehead atoms. The topological polar surface area (TPSA) is 108 Å². The van der Waals surface area contributed by atoms with Crippen LogP contribution in [0.3, 0.4) is 0 Å². The Morgan fingerprint density at radius 3 is 2.46 bits per heavy atom. The van der Waals surface area contributed by atoms with Gasteiger partial charge in [-0.15, -0.1) is 6.42 Å². The fourth-order valence-corrected chi connectivity index (χ4v) is 4.23. The lowest BCUT2D eigenvalue weighted by Crippen LogP contribution is -2.50. The van der Waals surface area contributed by atoms with E-state index < -0.39 is 23.4 Å². The number of hydrogen-bond donors (Lipinski definition) is 1. The summed E-state index contributed by atoms with van der Waals surface area (Å²) in [6.45, 7) is 9.94. The Morgan fingerprint density at radius 1 is 1.14 bits per heavy atom. The largest absolute Gasteiger partial charge is 0.465 e. The van der Waals surface area contributed by atoms with Crippen LogP contribution in [-0.4, -0.2) is 91.7 Å². The van der Waals surface area contributed by atoms with Crippen molar-refractivity contribution in [1.82, 2.24) is 15.1 Å². The van der Waals surface area contributed by atoms with Gasteiger partial charge in [0.2, 0.25) is 5.91 Å². The van der Waals surface area contributed by atoms with Crippen molar-refractivity contribution in [3.63, 3.8) is 0 Å². The van der Waals surface area contributed by atoms with Gasteiger partial charge in [-0.25, -0.2) is 4.79 Å². The highest BCUT2D eigenvalue weighted by molar-refractivity contribution is 5.99. The van der Waals surface area contributed by atoms with Crippen LogP contribution in [0.4, 0.5) is 10.5 Å². The molecule has 1 fully saturated rings. The number of terminal acetylenes is 1. The van der Waals surface area contributed by atoms with Crippen LogP contribution >= 0.6 is 0 Å². The number of anilines is 1. The van der Waals surface area contributed by atoms with E-state index in [-0.39, 0.29) is 31.7 Å². The van der Waals surface area contributed by atoms with Crippen molar-refractivity contribution in [1.29, 1.82) is 0 Å². The molecule has 0 unspecified atom stereocenters. The summed E-state index contributed by atoms with van der Waals surface area (Å²) < 4.78 is 10.4. The van der Waals surface area contributed by atoms with Crippen molar-refractivity contribution in [2.75, 3.05) is 57.3 Å². The Hall–Kier alpha value is -3.74. The standard InChI is InChI=1S/C27H36N4O6/c1-6-19(25(34)36-7-2)17-28-23(32)18-31-11-10-20-8-9-21(16-22(20)24(31)33)29-12-14-30(15-13-29)26(35)37-27(3,4)5/h1,8-9,16,19H,7,10-15,17-18H2,2-5H3,(H,28,32)/t19-/m0/s1. The lowest BCUT2D eigenvalue weighted by atomic mass is 9.97. The van der Waals surface area contributed by atoms with Crippen LogP contribution in [0.15, 0.2) is 18.2 Å². The first-order chi connectivity index (χ1) is 17.5. The van der Waals surface area contributed by atoms with Crippen molar-refractivity contribution in [3.05, 3.63) is 29.3 Å². The number of fused-ring (bicyclic) bond motifs is 1. The molecule has 3 rings (SSSR count). The molecule has 1 atom stereocenters. The first-order valence-corrected chi connectivity index (χ1v) is 12.6. The molecule has 0 spiro atoms. The second kappa shape index (κ2) is 12.0. The molecule has 10 nitrogen and oxygen atoms in total. The molecule has 2 heterocycles. The first-order valence-electron chi connectivity index (χ1n) is 12.6. The van der Waals surface area contributed by atoms with E-state index in [2.05, 4.69) is 16.1 Å². The zero-order valence-corrected chi connectivity index (χ0v) is 22.0. The van der Waals surface area contributed by atoms with Gasteiger partial charge in [-0.1, -0.05) is 12.0 Å². The van der Waals surface area contributed by atoms with E-state index in [4.69, 9.17) is 15.9 Å². The lowest BCUT2D eigenvalue weighted by Gasteiger charge is -2.37. The summed E-state index contributed by atoms with van der Waals surface area (Å²) >= 11 is 0. The molecular formula is C27H36N4O6. The zero-order valence-electron chi connectivity index (χ0n) is 22.0. The molecular weight excluding hydrogens is 476 g/mol. The van der Waals surface area contributed by atoms with Crippen molar-refractivity contribution in [3.8, 4) is 12.3 Å². The van der Waals surface area contributed by atoms with E-state index in [0.29, 0.717) is 44.7 Å². The van der Waals surface area contributed by atoms with Crippen molar-refractivity contribution >= 4 is 29.6 Å². The number of carbonyl (C=O) groups excluding carboxylic acids is 4. The second-order valence-electron chi connectivity index (χ2n) is 10.0. The molecule has 1 saturated heterocycles. The number of benzene rings is 1. The SMILES string of the molecule is C#C[C@@H](CNC(=O)CN1CCc2ccc(N3CCN(C(=O)OC(C)(C)C)CC3)cc2C1=O)C(=O)OCC. The summed E-state index contributed by atoms with van der Waals surface area (Å²) in [5, 5.41) is 2.63. The van der Waals surface area contributed by atoms with Gasteiger partial charge >= 0.3 is 12.1 Å². The third kappa shape index (κ3) is 7.38. The predicted molar refractivity (Wildman–Crippen MR) is 138 cm³/mol. The molecule has 37 heavy (non-hydrogen) atoms. The summed E-state index contributed by atoms with van der Waals surface area (Å²) in [5.74, 6) is 0.272. The maximum atomic E-state index is 13.2. The number of nitrogens with one attached hydrogen (secondary N) is 1. The first kappa shape index (κ1) is 27.8. The van der Waals surface area contributed by atoms with Gasteiger partial charge in [0.1, 0.15) is 11.5 Å². The van der Waals surface area contributed by atoms with Crippen molar-refractivity contribution in [2.45, 2.75) is 39.7 Å². The number of rotatable bonds is 7. The number of carbonyl (C=O) groups is 4. The third-order valence-electron chi connectivity index (χ3n) is 6.17. The minimum absolute atomic E-state index is 0.0494. The van der Waals surface area contributed by atoms with E-state index in [0.717, 1.165) is 11.3 Å². The molecule has 200 valence electrons. The normalized spacial score (nSPS) is 16.4. The van der Waals surface area contributed by atoms with Crippen LogP contribution in [-0.2, 0) is 25.5 Å². The van der Waals surface area contributed by atoms with Gasteiger partial charge in [-0.05, 0) is 51.8 Å². The van der Waals surface area contributed by atoms with Gasteiger partial charge in [0.25, 0.3) is 5.91 Å². The molecule has 3 amide bonds. The smallest absolute Gasteiger partial charge is 0.410 e. The second-order valence-corrected chi connectivity index (χ2v) is 10.0. The molecule has 1 aromatic carbocycles. The van der Waals surface area contributed by atoms with Crippen LogP contribution in [0.1, 0.15) is 43.6 Å². The van der Waals surface area contributed by atoms with E-state index in [9.17, 15) is 19.2 Å². The van der Waals surface area contributed by atoms with Gasteiger partial charge in [0.15, 0.2) is 0 Å². The Kier molecular flexibility index (Phi) is 9.03.